The van der Waals surface area contributed by atoms with Crippen molar-refractivity contribution in [2.75, 3.05) is 46.2 Å². The molecule has 0 saturated heterocycles. The van der Waals surface area contributed by atoms with Crippen LogP contribution in [0.4, 0.5) is 0 Å². The van der Waals surface area contributed by atoms with E-state index >= 15 is 0 Å². The Morgan fingerprint density at radius 2 is 2.00 bits per heavy atom. The Balaban J connectivity index is 3.92. The van der Waals surface area contributed by atoms with Gasteiger partial charge < -0.3 is 15.5 Å². The van der Waals surface area contributed by atoms with Gasteiger partial charge in [-0.3, -0.25) is 4.99 Å². The minimum Gasteiger partial charge on any atom is -0.356 e. The third-order valence-corrected chi connectivity index (χ3v) is 3.58. The SMILES string of the molecule is CN=C(NCCCN(C)C)NC(C)CCS(C)(=O)=O. The summed E-state index contributed by atoms with van der Waals surface area (Å²) in [6.07, 6.45) is 2.87. The van der Waals surface area contributed by atoms with Crippen LogP contribution in [0.25, 0.3) is 0 Å². The van der Waals surface area contributed by atoms with Crippen molar-refractivity contribution in [1.82, 2.24) is 15.5 Å². The van der Waals surface area contributed by atoms with Gasteiger partial charge in [0.2, 0.25) is 0 Å². The lowest BCUT2D eigenvalue weighted by molar-refractivity contribution is 0.399. The van der Waals surface area contributed by atoms with Gasteiger partial charge in [-0.1, -0.05) is 0 Å². The van der Waals surface area contributed by atoms with Gasteiger partial charge in [0.25, 0.3) is 0 Å². The lowest BCUT2D eigenvalue weighted by Crippen LogP contribution is -2.43. The highest BCUT2D eigenvalue weighted by molar-refractivity contribution is 7.90. The van der Waals surface area contributed by atoms with Crippen molar-refractivity contribution >= 4 is 15.8 Å². The topological polar surface area (TPSA) is 73.8 Å². The summed E-state index contributed by atoms with van der Waals surface area (Å²) in [5.41, 5.74) is 0. The van der Waals surface area contributed by atoms with E-state index in [4.69, 9.17) is 0 Å². The number of nitrogens with one attached hydrogen (secondary N) is 2. The molecular weight excluding hydrogens is 264 g/mol. The van der Waals surface area contributed by atoms with Crippen molar-refractivity contribution < 1.29 is 8.42 Å². The number of hydrogen-bond acceptors (Lipinski definition) is 4. The van der Waals surface area contributed by atoms with Crippen LogP contribution in [0, 0.1) is 0 Å². The number of sulfone groups is 1. The zero-order chi connectivity index (χ0) is 14.9. The second kappa shape index (κ2) is 9.14. The maximum atomic E-state index is 11.1. The van der Waals surface area contributed by atoms with E-state index in [1.54, 1.807) is 7.05 Å². The molecule has 0 aromatic carbocycles. The lowest BCUT2D eigenvalue weighted by Gasteiger charge is -2.18. The predicted molar refractivity (Wildman–Crippen MR) is 81.5 cm³/mol. The molecule has 0 aliphatic carbocycles. The maximum absolute atomic E-state index is 11.1. The van der Waals surface area contributed by atoms with Gasteiger partial charge in [0.15, 0.2) is 5.96 Å². The average Bonchev–Trinajstić information content (AvgIpc) is 2.29. The molecule has 0 aliphatic heterocycles. The van der Waals surface area contributed by atoms with E-state index < -0.39 is 9.84 Å². The monoisotopic (exact) mass is 292 g/mol. The number of rotatable bonds is 8. The minimum absolute atomic E-state index is 0.0785. The van der Waals surface area contributed by atoms with E-state index in [1.165, 1.54) is 6.26 Å². The molecule has 19 heavy (non-hydrogen) atoms. The van der Waals surface area contributed by atoms with Crippen molar-refractivity contribution in [3.63, 3.8) is 0 Å². The van der Waals surface area contributed by atoms with Crippen molar-refractivity contribution in [3.05, 3.63) is 0 Å². The van der Waals surface area contributed by atoms with Crippen LogP contribution >= 0.6 is 0 Å². The molecule has 7 heteroatoms. The Morgan fingerprint density at radius 1 is 1.37 bits per heavy atom. The minimum atomic E-state index is -2.90. The molecule has 0 aromatic rings. The van der Waals surface area contributed by atoms with Gasteiger partial charge in [0, 0.05) is 25.9 Å². The summed E-state index contributed by atoms with van der Waals surface area (Å²) in [5.74, 6) is 0.915. The third-order valence-electron chi connectivity index (χ3n) is 2.60. The van der Waals surface area contributed by atoms with Crippen molar-refractivity contribution in [1.29, 1.82) is 0 Å². The number of hydrogen-bond donors (Lipinski definition) is 2. The molecule has 1 unspecified atom stereocenters. The maximum Gasteiger partial charge on any atom is 0.191 e. The second-order valence-electron chi connectivity index (χ2n) is 5.12. The van der Waals surface area contributed by atoms with E-state index in [9.17, 15) is 8.42 Å². The van der Waals surface area contributed by atoms with Crippen LogP contribution in [0.1, 0.15) is 19.8 Å². The first-order valence-electron chi connectivity index (χ1n) is 6.54. The van der Waals surface area contributed by atoms with Crippen LogP contribution in [-0.2, 0) is 9.84 Å². The molecule has 114 valence electrons. The van der Waals surface area contributed by atoms with E-state index in [2.05, 4.69) is 20.5 Å². The Kier molecular flexibility index (Phi) is 8.75. The summed E-state index contributed by atoms with van der Waals surface area (Å²) in [4.78, 5) is 6.25. The molecule has 6 nitrogen and oxygen atoms in total. The van der Waals surface area contributed by atoms with Gasteiger partial charge in [-0.2, -0.15) is 0 Å². The van der Waals surface area contributed by atoms with Crippen molar-refractivity contribution in [2.24, 2.45) is 4.99 Å². The molecule has 2 N–H and O–H groups in total. The molecular formula is C12H28N4O2S. The van der Waals surface area contributed by atoms with Gasteiger partial charge in [0.1, 0.15) is 9.84 Å². The summed E-state index contributed by atoms with van der Waals surface area (Å²) in [7, 11) is 2.90. The molecule has 1 atom stereocenters. The Morgan fingerprint density at radius 3 is 2.47 bits per heavy atom. The summed E-state index contributed by atoms with van der Waals surface area (Å²) >= 11 is 0. The number of nitrogens with zero attached hydrogens (tertiary/aromatic N) is 2. The fraction of sp³-hybridized carbons (Fsp3) is 0.917. The normalized spacial score (nSPS) is 14.5. The lowest BCUT2D eigenvalue weighted by atomic mass is 10.3. The first-order chi connectivity index (χ1) is 8.74. The predicted octanol–water partition coefficient (Wildman–Crippen LogP) is -0.0737. The second-order valence-corrected chi connectivity index (χ2v) is 7.38. The van der Waals surface area contributed by atoms with Crippen LogP contribution in [0.15, 0.2) is 4.99 Å². The Labute approximate surface area is 117 Å². The van der Waals surface area contributed by atoms with Crippen LogP contribution in [0.3, 0.4) is 0 Å². The van der Waals surface area contributed by atoms with Gasteiger partial charge in [-0.05, 0) is 40.4 Å². The first-order valence-corrected chi connectivity index (χ1v) is 8.60. The van der Waals surface area contributed by atoms with E-state index in [0.29, 0.717) is 6.42 Å². The molecule has 0 heterocycles. The number of guanidine groups is 1. The van der Waals surface area contributed by atoms with Gasteiger partial charge >= 0.3 is 0 Å². The highest BCUT2D eigenvalue weighted by Gasteiger charge is 2.09. The molecule has 0 aliphatic rings. The largest absolute Gasteiger partial charge is 0.356 e. The highest BCUT2D eigenvalue weighted by atomic mass is 32.2. The number of aliphatic imine (C=N–C) groups is 1. The fourth-order valence-corrected chi connectivity index (χ4v) is 2.27. The van der Waals surface area contributed by atoms with E-state index in [1.807, 2.05) is 21.0 Å². The summed E-state index contributed by atoms with van der Waals surface area (Å²) < 4.78 is 22.2. The molecule has 0 aromatic heterocycles. The van der Waals surface area contributed by atoms with Crippen molar-refractivity contribution in [3.8, 4) is 0 Å². The first kappa shape index (κ1) is 18.2. The standard InChI is InChI=1S/C12H28N4O2S/c1-11(7-10-19(5,17)18)15-12(13-2)14-8-6-9-16(3)4/h11H,6-10H2,1-5H3,(H2,13,14,15). The molecule has 0 rings (SSSR count). The third kappa shape index (κ3) is 12.0. The van der Waals surface area contributed by atoms with Crippen molar-refractivity contribution in [2.45, 2.75) is 25.8 Å². The van der Waals surface area contributed by atoms with Crippen LogP contribution < -0.4 is 10.6 Å². The summed E-state index contributed by atoms with van der Waals surface area (Å²) in [6, 6.07) is 0.0785. The molecule has 0 saturated carbocycles. The fourth-order valence-electron chi connectivity index (χ4n) is 1.49. The zero-order valence-corrected chi connectivity index (χ0v) is 13.5. The quantitative estimate of drug-likeness (QED) is 0.372. The van der Waals surface area contributed by atoms with Gasteiger partial charge in [0.05, 0.1) is 5.75 Å². The Bertz CT molecular complexity index is 366. The highest BCUT2D eigenvalue weighted by Crippen LogP contribution is 1.95. The van der Waals surface area contributed by atoms with E-state index in [-0.39, 0.29) is 11.8 Å². The van der Waals surface area contributed by atoms with Crippen LogP contribution in [0.5, 0.6) is 0 Å². The molecule has 0 spiro atoms. The Hall–Kier alpha value is -0.820. The summed E-state index contributed by atoms with van der Waals surface area (Å²) in [6.45, 7) is 3.82. The molecule has 0 fully saturated rings. The smallest absolute Gasteiger partial charge is 0.191 e. The van der Waals surface area contributed by atoms with Gasteiger partial charge in [-0.25, -0.2) is 8.42 Å². The zero-order valence-electron chi connectivity index (χ0n) is 12.7. The summed E-state index contributed by atoms with van der Waals surface area (Å²) in [5, 5.41) is 6.40. The molecule has 0 amide bonds. The van der Waals surface area contributed by atoms with Gasteiger partial charge in [-0.15, -0.1) is 0 Å². The molecule has 0 radical (unpaired) electrons. The average molecular weight is 292 g/mol. The van der Waals surface area contributed by atoms with Crippen LogP contribution in [0.2, 0.25) is 0 Å². The van der Waals surface area contributed by atoms with Crippen LogP contribution in [-0.4, -0.2) is 71.6 Å². The van der Waals surface area contributed by atoms with E-state index in [0.717, 1.165) is 25.5 Å². The molecule has 0 bridgehead atoms.